The Kier molecular flexibility index (Phi) is 3.50. The molecule has 1 rings (SSSR count). The molecular weight excluding hydrogens is 261 g/mol. The van der Waals surface area contributed by atoms with Crippen LogP contribution in [-0.2, 0) is 6.42 Å². The van der Waals surface area contributed by atoms with Crippen LogP contribution in [0.15, 0.2) is 12.3 Å². The minimum atomic E-state index is 0.531. The van der Waals surface area contributed by atoms with Crippen LogP contribution in [-0.4, -0.2) is 4.98 Å². The molecule has 1 aromatic heterocycles. The smallest absolute Gasteiger partial charge is 0.0564 e. The molecule has 0 aliphatic heterocycles. The molecule has 12 heavy (non-hydrogen) atoms. The summed E-state index contributed by atoms with van der Waals surface area (Å²) >= 11 is 2.39. The Morgan fingerprint density at radius 3 is 2.67 bits per heavy atom. The van der Waals surface area contributed by atoms with Crippen LogP contribution >= 0.6 is 22.6 Å². The SMILES string of the molecule is CCc1ccnc(C(C)C)c1I. The zero-order chi connectivity index (χ0) is 9.14. The zero-order valence-corrected chi connectivity index (χ0v) is 9.92. The van der Waals surface area contributed by atoms with Gasteiger partial charge in [-0.1, -0.05) is 20.8 Å². The van der Waals surface area contributed by atoms with E-state index in [9.17, 15) is 0 Å². The first-order chi connectivity index (χ1) is 5.66. The molecule has 0 spiro atoms. The molecule has 66 valence electrons. The Balaban J connectivity index is 3.14. The molecule has 0 aliphatic rings. The van der Waals surface area contributed by atoms with Crippen LogP contribution in [0.1, 0.15) is 37.9 Å². The number of nitrogens with zero attached hydrogens (tertiary/aromatic N) is 1. The molecule has 0 atom stereocenters. The van der Waals surface area contributed by atoms with E-state index in [2.05, 4.69) is 54.4 Å². The van der Waals surface area contributed by atoms with Crippen LogP contribution in [0.4, 0.5) is 0 Å². The number of aromatic nitrogens is 1. The zero-order valence-electron chi connectivity index (χ0n) is 7.76. The molecule has 0 amide bonds. The second-order valence-corrected chi connectivity index (χ2v) is 4.26. The van der Waals surface area contributed by atoms with Gasteiger partial charge in [0.25, 0.3) is 0 Å². The van der Waals surface area contributed by atoms with E-state index in [0.717, 1.165) is 6.42 Å². The number of hydrogen-bond donors (Lipinski definition) is 0. The molecule has 0 unspecified atom stereocenters. The monoisotopic (exact) mass is 275 g/mol. The highest BCUT2D eigenvalue weighted by Crippen LogP contribution is 2.22. The van der Waals surface area contributed by atoms with Crippen molar-refractivity contribution in [2.75, 3.05) is 0 Å². The highest BCUT2D eigenvalue weighted by atomic mass is 127. The van der Waals surface area contributed by atoms with Gasteiger partial charge in [0.15, 0.2) is 0 Å². The third-order valence-electron chi connectivity index (χ3n) is 1.92. The lowest BCUT2D eigenvalue weighted by molar-refractivity contribution is 0.809. The minimum absolute atomic E-state index is 0.531. The fourth-order valence-electron chi connectivity index (χ4n) is 1.18. The largest absolute Gasteiger partial charge is 0.260 e. The van der Waals surface area contributed by atoms with Crippen LogP contribution < -0.4 is 0 Å². The summed E-state index contributed by atoms with van der Waals surface area (Å²) in [5, 5.41) is 0. The topological polar surface area (TPSA) is 12.9 Å². The average molecular weight is 275 g/mol. The van der Waals surface area contributed by atoms with Crippen LogP contribution in [0.3, 0.4) is 0 Å². The Hall–Kier alpha value is -0.120. The molecule has 0 radical (unpaired) electrons. The van der Waals surface area contributed by atoms with Crippen LogP contribution in [0.2, 0.25) is 0 Å². The maximum absolute atomic E-state index is 4.38. The van der Waals surface area contributed by atoms with E-state index in [1.54, 1.807) is 0 Å². The number of rotatable bonds is 2. The lowest BCUT2D eigenvalue weighted by Crippen LogP contribution is -1.99. The van der Waals surface area contributed by atoms with Gasteiger partial charge in [0, 0.05) is 9.77 Å². The van der Waals surface area contributed by atoms with Crippen LogP contribution in [0.5, 0.6) is 0 Å². The lowest BCUT2D eigenvalue weighted by Gasteiger charge is -2.09. The van der Waals surface area contributed by atoms with Gasteiger partial charge in [-0.25, -0.2) is 0 Å². The van der Waals surface area contributed by atoms with Crippen LogP contribution in [0.25, 0.3) is 0 Å². The van der Waals surface area contributed by atoms with Gasteiger partial charge in [-0.3, -0.25) is 4.98 Å². The molecule has 1 nitrogen and oxygen atoms in total. The average Bonchev–Trinajstić information content (AvgIpc) is 2.04. The normalized spacial score (nSPS) is 10.8. The van der Waals surface area contributed by atoms with Crippen molar-refractivity contribution in [3.8, 4) is 0 Å². The van der Waals surface area contributed by atoms with Gasteiger partial charge in [-0.2, -0.15) is 0 Å². The second-order valence-electron chi connectivity index (χ2n) is 3.18. The van der Waals surface area contributed by atoms with Crippen molar-refractivity contribution in [2.24, 2.45) is 0 Å². The summed E-state index contributed by atoms with van der Waals surface area (Å²) in [6.45, 7) is 6.55. The molecule has 0 fully saturated rings. The molecule has 2 heteroatoms. The van der Waals surface area contributed by atoms with E-state index in [1.165, 1.54) is 14.8 Å². The molecule has 1 aromatic rings. The van der Waals surface area contributed by atoms with Crippen molar-refractivity contribution in [1.82, 2.24) is 4.98 Å². The van der Waals surface area contributed by atoms with Gasteiger partial charge in [0.2, 0.25) is 0 Å². The minimum Gasteiger partial charge on any atom is -0.260 e. The number of aryl methyl sites for hydroxylation is 1. The summed E-state index contributed by atoms with van der Waals surface area (Å²) in [4.78, 5) is 4.38. The predicted molar refractivity (Wildman–Crippen MR) is 60.4 cm³/mol. The third-order valence-corrected chi connectivity index (χ3v) is 3.17. The Labute approximate surface area is 87.7 Å². The van der Waals surface area contributed by atoms with E-state index in [0.29, 0.717) is 5.92 Å². The lowest BCUT2D eigenvalue weighted by atomic mass is 10.1. The maximum Gasteiger partial charge on any atom is 0.0564 e. The summed E-state index contributed by atoms with van der Waals surface area (Å²) in [5.74, 6) is 0.531. The highest BCUT2D eigenvalue weighted by molar-refractivity contribution is 14.1. The van der Waals surface area contributed by atoms with Crippen molar-refractivity contribution in [3.05, 3.63) is 27.1 Å². The van der Waals surface area contributed by atoms with Crippen molar-refractivity contribution in [1.29, 1.82) is 0 Å². The molecule has 0 saturated carbocycles. The van der Waals surface area contributed by atoms with Gasteiger partial charge < -0.3 is 0 Å². The van der Waals surface area contributed by atoms with Gasteiger partial charge in [-0.05, 0) is 46.6 Å². The first-order valence-corrected chi connectivity index (χ1v) is 5.38. The molecular formula is C10H14IN. The highest BCUT2D eigenvalue weighted by Gasteiger charge is 2.08. The van der Waals surface area contributed by atoms with Gasteiger partial charge in [-0.15, -0.1) is 0 Å². The fourth-order valence-corrected chi connectivity index (χ4v) is 2.50. The first kappa shape index (κ1) is 9.96. The molecule has 0 N–H and O–H groups in total. The molecule has 0 aliphatic carbocycles. The van der Waals surface area contributed by atoms with Gasteiger partial charge in [0.05, 0.1) is 5.69 Å². The van der Waals surface area contributed by atoms with Gasteiger partial charge >= 0.3 is 0 Å². The summed E-state index contributed by atoms with van der Waals surface area (Å²) in [6, 6.07) is 2.10. The van der Waals surface area contributed by atoms with E-state index in [1.807, 2.05) is 6.20 Å². The summed E-state index contributed by atoms with van der Waals surface area (Å²) in [5.41, 5.74) is 2.64. The molecule has 1 heterocycles. The number of hydrogen-bond acceptors (Lipinski definition) is 1. The Bertz CT molecular complexity index is 269. The van der Waals surface area contributed by atoms with Crippen molar-refractivity contribution >= 4 is 22.6 Å². The summed E-state index contributed by atoms with van der Waals surface area (Å²) < 4.78 is 1.34. The fraction of sp³-hybridized carbons (Fsp3) is 0.500. The molecule has 0 aromatic carbocycles. The van der Waals surface area contributed by atoms with Crippen molar-refractivity contribution < 1.29 is 0 Å². The standard InChI is InChI=1S/C10H14IN/c1-4-8-5-6-12-10(7(2)3)9(8)11/h5-7H,4H2,1-3H3. The van der Waals surface area contributed by atoms with Crippen LogP contribution in [0, 0.1) is 3.57 Å². The summed E-state index contributed by atoms with van der Waals surface area (Å²) in [6.07, 6.45) is 3.01. The first-order valence-electron chi connectivity index (χ1n) is 4.30. The number of halogens is 1. The Morgan fingerprint density at radius 2 is 2.17 bits per heavy atom. The molecule has 0 saturated heterocycles. The Morgan fingerprint density at radius 1 is 1.50 bits per heavy atom. The van der Waals surface area contributed by atoms with E-state index in [4.69, 9.17) is 0 Å². The van der Waals surface area contributed by atoms with Crippen molar-refractivity contribution in [3.63, 3.8) is 0 Å². The quantitative estimate of drug-likeness (QED) is 0.754. The third kappa shape index (κ3) is 1.97. The maximum atomic E-state index is 4.38. The van der Waals surface area contributed by atoms with E-state index in [-0.39, 0.29) is 0 Å². The second kappa shape index (κ2) is 4.21. The van der Waals surface area contributed by atoms with E-state index >= 15 is 0 Å². The number of pyridine rings is 1. The van der Waals surface area contributed by atoms with Gasteiger partial charge in [0.1, 0.15) is 0 Å². The molecule has 0 bridgehead atoms. The summed E-state index contributed by atoms with van der Waals surface area (Å²) in [7, 11) is 0. The predicted octanol–water partition coefficient (Wildman–Crippen LogP) is 3.37. The van der Waals surface area contributed by atoms with Crippen molar-refractivity contribution in [2.45, 2.75) is 33.1 Å². The van der Waals surface area contributed by atoms with E-state index < -0.39 is 0 Å².